The quantitative estimate of drug-likeness (QED) is 0.823. The molecule has 3 heteroatoms. The summed E-state index contributed by atoms with van der Waals surface area (Å²) in [6.45, 7) is 7.32. The van der Waals surface area contributed by atoms with E-state index < -0.39 is 0 Å². The van der Waals surface area contributed by atoms with Crippen molar-refractivity contribution < 1.29 is 4.79 Å². The molecular formula is C16H24N2O. The Morgan fingerprint density at radius 3 is 2.74 bits per heavy atom. The fraction of sp³-hybridized carbons (Fsp3) is 0.562. The molecule has 1 aromatic rings. The second-order valence-electron chi connectivity index (χ2n) is 5.17. The van der Waals surface area contributed by atoms with Crippen LogP contribution in [0.2, 0.25) is 0 Å². The first kappa shape index (κ1) is 14.2. The lowest BCUT2D eigenvalue weighted by atomic mass is 10.0. The normalized spacial score (nSPS) is 17.1. The van der Waals surface area contributed by atoms with Gasteiger partial charge in [0.15, 0.2) is 5.78 Å². The summed E-state index contributed by atoms with van der Waals surface area (Å²) in [4.78, 5) is 14.5. The third kappa shape index (κ3) is 4.44. The molecule has 104 valence electrons. The van der Waals surface area contributed by atoms with Gasteiger partial charge < -0.3 is 10.2 Å². The van der Waals surface area contributed by atoms with Crippen molar-refractivity contribution in [3.05, 3.63) is 35.4 Å². The molecule has 0 bridgehead atoms. The highest BCUT2D eigenvalue weighted by molar-refractivity contribution is 5.96. The highest BCUT2D eigenvalue weighted by Gasteiger charge is 2.11. The number of hydrogen-bond donors (Lipinski definition) is 1. The summed E-state index contributed by atoms with van der Waals surface area (Å²) in [7, 11) is 0. The van der Waals surface area contributed by atoms with E-state index >= 15 is 0 Å². The van der Waals surface area contributed by atoms with Crippen LogP contribution < -0.4 is 5.32 Å². The van der Waals surface area contributed by atoms with E-state index in [1.165, 1.54) is 12.0 Å². The highest BCUT2D eigenvalue weighted by Crippen LogP contribution is 2.08. The zero-order valence-corrected chi connectivity index (χ0v) is 11.8. The zero-order chi connectivity index (χ0) is 13.5. The van der Waals surface area contributed by atoms with Gasteiger partial charge in [-0.3, -0.25) is 4.79 Å². The number of ketones is 1. The molecule has 1 aromatic carbocycles. The van der Waals surface area contributed by atoms with Crippen molar-refractivity contribution in [2.75, 3.05) is 32.7 Å². The number of carbonyl (C=O) groups is 1. The first-order chi connectivity index (χ1) is 9.29. The molecule has 0 spiro atoms. The van der Waals surface area contributed by atoms with E-state index in [9.17, 15) is 4.79 Å². The van der Waals surface area contributed by atoms with Crippen molar-refractivity contribution in [1.29, 1.82) is 0 Å². The first-order valence-electron chi connectivity index (χ1n) is 7.35. The van der Waals surface area contributed by atoms with Crippen LogP contribution in [0, 0.1) is 0 Å². The van der Waals surface area contributed by atoms with E-state index in [2.05, 4.69) is 29.3 Å². The minimum absolute atomic E-state index is 0.264. The SMILES string of the molecule is CCc1ccc(C(=O)CCN2CCCNCC2)cc1. The van der Waals surface area contributed by atoms with Crippen LogP contribution in [-0.4, -0.2) is 43.4 Å². The summed E-state index contributed by atoms with van der Waals surface area (Å²) < 4.78 is 0. The van der Waals surface area contributed by atoms with Gasteiger partial charge in [-0.05, 0) is 31.5 Å². The number of nitrogens with zero attached hydrogens (tertiary/aromatic N) is 1. The molecule has 1 aliphatic rings. The molecule has 0 aromatic heterocycles. The standard InChI is InChI=1S/C16H24N2O/c1-2-14-4-6-15(7-5-14)16(19)8-12-18-11-3-9-17-10-13-18/h4-7,17H,2-3,8-13H2,1H3. The molecule has 1 saturated heterocycles. The Bertz CT molecular complexity index is 392. The van der Waals surface area contributed by atoms with Crippen LogP contribution in [0.3, 0.4) is 0 Å². The van der Waals surface area contributed by atoms with Gasteiger partial charge in [0.1, 0.15) is 0 Å². The van der Waals surface area contributed by atoms with Crippen LogP contribution in [0.1, 0.15) is 35.7 Å². The maximum absolute atomic E-state index is 12.1. The maximum Gasteiger partial charge on any atom is 0.164 e. The van der Waals surface area contributed by atoms with Gasteiger partial charge in [0, 0.05) is 31.6 Å². The first-order valence-corrected chi connectivity index (χ1v) is 7.35. The summed E-state index contributed by atoms with van der Waals surface area (Å²) in [6.07, 6.45) is 2.83. The number of nitrogens with one attached hydrogen (secondary N) is 1. The van der Waals surface area contributed by atoms with E-state index in [0.717, 1.165) is 44.7 Å². The molecule has 2 rings (SSSR count). The molecule has 0 radical (unpaired) electrons. The summed E-state index contributed by atoms with van der Waals surface area (Å²) in [6, 6.07) is 8.04. The Hall–Kier alpha value is -1.19. The molecular weight excluding hydrogens is 236 g/mol. The zero-order valence-electron chi connectivity index (χ0n) is 11.8. The highest BCUT2D eigenvalue weighted by atomic mass is 16.1. The van der Waals surface area contributed by atoms with Crippen molar-refractivity contribution in [2.45, 2.75) is 26.2 Å². The average Bonchev–Trinajstić information content (AvgIpc) is 2.73. The van der Waals surface area contributed by atoms with Crippen molar-refractivity contribution in [1.82, 2.24) is 10.2 Å². The van der Waals surface area contributed by atoms with Gasteiger partial charge in [0.2, 0.25) is 0 Å². The van der Waals surface area contributed by atoms with Crippen molar-refractivity contribution in [3.8, 4) is 0 Å². The van der Waals surface area contributed by atoms with E-state index in [0.29, 0.717) is 6.42 Å². The van der Waals surface area contributed by atoms with Crippen molar-refractivity contribution in [3.63, 3.8) is 0 Å². The Balaban J connectivity index is 1.82. The van der Waals surface area contributed by atoms with Gasteiger partial charge in [-0.15, -0.1) is 0 Å². The minimum Gasteiger partial charge on any atom is -0.315 e. The molecule has 1 fully saturated rings. The number of rotatable bonds is 5. The molecule has 19 heavy (non-hydrogen) atoms. The monoisotopic (exact) mass is 260 g/mol. The van der Waals surface area contributed by atoms with Crippen molar-refractivity contribution >= 4 is 5.78 Å². The van der Waals surface area contributed by atoms with Crippen molar-refractivity contribution in [2.24, 2.45) is 0 Å². The molecule has 0 atom stereocenters. The van der Waals surface area contributed by atoms with E-state index in [1.54, 1.807) is 0 Å². The Morgan fingerprint density at radius 1 is 1.21 bits per heavy atom. The van der Waals surface area contributed by atoms with Crippen LogP contribution in [-0.2, 0) is 6.42 Å². The lowest BCUT2D eigenvalue weighted by Gasteiger charge is -2.18. The topological polar surface area (TPSA) is 32.3 Å². The number of hydrogen-bond acceptors (Lipinski definition) is 3. The molecule has 0 saturated carbocycles. The third-order valence-electron chi connectivity index (χ3n) is 3.77. The summed E-state index contributed by atoms with van der Waals surface area (Å²) >= 11 is 0. The fourth-order valence-electron chi connectivity index (χ4n) is 2.46. The molecule has 1 aliphatic heterocycles. The number of aryl methyl sites for hydroxylation is 1. The number of carbonyl (C=O) groups excluding carboxylic acids is 1. The molecule has 3 nitrogen and oxygen atoms in total. The number of benzene rings is 1. The van der Waals surface area contributed by atoms with Gasteiger partial charge in [-0.1, -0.05) is 31.2 Å². The summed E-state index contributed by atoms with van der Waals surface area (Å²) in [5.41, 5.74) is 2.14. The third-order valence-corrected chi connectivity index (χ3v) is 3.77. The predicted octanol–water partition coefficient (Wildman–Crippen LogP) is 2.12. The molecule has 0 aliphatic carbocycles. The molecule has 0 unspecified atom stereocenters. The Labute approximate surface area is 116 Å². The van der Waals surface area contributed by atoms with Gasteiger partial charge in [-0.25, -0.2) is 0 Å². The van der Waals surface area contributed by atoms with E-state index in [4.69, 9.17) is 0 Å². The number of Topliss-reactive ketones (excluding diaryl/α,β-unsaturated/α-hetero) is 1. The van der Waals surface area contributed by atoms with Crippen LogP contribution in [0.15, 0.2) is 24.3 Å². The van der Waals surface area contributed by atoms with Crippen LogP contribution in [0.4, 0.5) is 0 Å². The van der Waals surface area contributed by atoms with Gasteiger partial charge in [-0.2, -0.15) is 0 Å². The predicted molar refractivity (Wildman–Crippen MR) is 78.7 cm³/mol. The minimum atomic E-state index is 0.264. The van der Waals surface area contributed by atoms with Crippen LogP contribution >= 0.6 is 0 Å². The molecule has 1 heterocycles. The lowest BCUT2D eigenvalue weighted by molar-refractivity contribution is 0.0965. The molecule has 0 amide bonds. The van der Waals surface area contributed by atoms with Gasteiger partial charge in [0.05, 0.1) is 0 Å². The summed E-state index contributed by atoms with van der Waals surface area (Å²) in [5.74, 6) is 0.264. The van der Waals surface area contributed by atoms with E-state index in [-0.39, 0.29) is 5.78 Å². The Kier molecular flexibility index (Phi) is 5.55. The fourth-order valence-corrected chi connectivity index (χ4v) is 2.46. The average molecular weight is 260 g/mol. The smallest absolute Gasteiger partial charge is 0.164 e. The van der Waals surface area contributed by atoms with Gasteiger partial charge >= 0.3 is 0 Å². The second-order valence-corrected chi connectivity index (χ2v) is 5.17. The van der Waals surface area contributed by atoms with Gasteiger partial charge in [0.25, 0.3) is 0 Å². The van der Waals surface area contributed by atoms with E-state index in [1.807, 2.05) is 12.1 Å². The summed E-state index contributed by atoms with van der Waals surface area (Å²) in [5, 5.41) is 3.38. The lowest BCUT2D eigenvalue weighted by Crippen LogP contribution is -2.30. The van der Waals surface area contributed by atoms with Crippen LogP contribution in [0.5, 0.6) is 0 Å². The maximum atomic E-state index is 12.1. The second kappa shape index (κ2) is 7.41. The Morgan fingerprint density at radius 2 is 2.00 bits per heavy atom. The van der Waals surface area contributed by atoms with Crippen LogP contribution in [0.25, 0.3) is 0 Å². The molecule has 1 N–H and O–H groups in total. The largest absolute Gasteiger partial charge is 0.315 e.